The molecule has 0 N–H and O–H groups in total. The summed E-state index contributed by atoms with van der Waals surface area (Å²) in [5.41, 5.74) is 0.838. The van der Waals surface area contributed by atoms with E-state index in [1.165, 1.54) is 30.5 Å². The fourth-order valence-corrected chi connectivity index (χ4v) is 4.11. The number of hydrogen-bond donors (Lipinski definition) is 0. The number of furan rings is 1. The molecule has 0 spiro atoms. The zero-order valence-electron chi connectivity index (χ0n) is 18.5. The smallest absolute Gasteiger partial charge is 0.343 e. The number of imide groups is 1. The third-order valence-electron chi connectivity index (χ3n) is 5.85. The number of anilines is 1. The van der Waals surface area contributed by atoms with E-state index in [1.807, 2.05) is 0 Å². The highest BCUT2D eigenvalue weighted by molar-refractivity contribution is 6.34. The molecule has 0 saturated carbocycles. The average Bonchev–Trinajstić information content (AvgIpc) is 3.53. The Morgan fingerprint density at radius 3 is 2.08 bits per heavy atom. The molecule has 0 radical (unpaired) electrons. The van der Waals surface area contributed by atoms with Crippen molar-refractivity contribution in [2.75, 3.05) is 4.90 Å². The third kappa shape index (κ3) is 3.32. The van der Waals surface area contributed by atoms with Crippen molar-refractivity contribution in [3.63, 3.8) is 0 Å². The summed E-state index contributed by atoms with van der Waals surface area (Å²) in [5.74, 6) is -1.80. The molecule has 8 heteroatoms. The van der Waals surface area contributed by atoms with Gasteiger partial charge < -0.3 is 13.6 Å². The molecule has 0 atom stereocenters. The van der Waals surface area contributed by atoms with Gasteiger partial charge in [0.05, 0.1) is 34.0 Å². The van der Waals surface area contributed by atoms with E-state index in [0.717, 1.165) is 4.90 Å². The van der Waals surface area contributed by atoms with Gasteiger partial charge >= 0.3 is 5.97 Å². The molecule has 36 heavy (non-hydrogen) atoms. The van der Waals surface area contributed by atoms with Crippen molar-refractivity contribution >= 4 is 34.4 Å². The van der Waals surface area contributed by atoms with Gasteiger partial charge in [0.2, 0.25) is 16.9 Å². The molecule has 6 rings (SSSR count). The predicted molar refractivity (Wildman–Crippen MR) is 129 cm³/mol. The lowest BCUT2D eigenvalue weighted by Crippen LogP contribution is -2.29. The number of amides is 2. The first-order valence-electron chi connectivity index (χ1n) is 10.9. The lowest BCUT2D eigenvalue weighted by molar-refractivity contribution is 0.0730. The van der Waals surface area contributed by atoms with Crippen LogP contribution in [-0.4, -0.2) is 17.8 Å². The zero-order chi connectivity index (χ0) is 24.8. The highest BCUT2D eigenvalue weighted by Gasteiger charge is 2.36. The van der Waals surface area contributed by atoms with Crippen LogP contribution in [-0.2, 0) is 0 Å². The Hall–Kier alpha value is -5.24. The van der Waals surface area contributed by atoms with Crippen LogP contribution < -0.4 is 15.1 Å². The van der Waals surface area contributed by atoms with Gasteiger partial charge in [0, 0.05) is 0 Å². The molecule has 0 saturated heterocycles. The number of ether oxygens (including phenoxy) is 1. The molecular formula is C28H15NO7. The van der Waals surface area contributed by atoms with E-state index in [9.17, 15) is 19.2 Å². The second kappa shape index (κ2) is 8.21. The van der Waals surface area contributed by atoms with Crippen LogP contribution in [0.25, 0.3) is 22.5 Å². The third-order valence-corrected chi connectivity index (χ3v) is 5.85. The van der Waals surface area contributed by atoms with Crippen LogP contribution in [0.1, 0.15) is 31.1 Å². The topological polar surface area (TPSA) is 107 Å². The lowest BCUT2D eigenvalue weighted by Gasteiger charge is -2.14. The molecule has 8 nitrogen and oxygen atoms in total. The second-order valence-corrected chi connectivity index (χ2v) is 7.99. The van der Waals surface area contributed by atoms with Gasteiger partial charge in [-0.15, -0.1) is 0 Å². The Morgan fingerprint density at radius 1 is 0.750 bits per heavy atom. The molecule has 0 unspecified atom stereocenters. The van der Waals surface area contributed by atoms with E-state index < -0.39 is 23.2 Å². The monoisotopic (exact) mass is 477 g/mol. The summed E-state index contributed by atoms with van der Waals surface area (Å²) < 4.78 is 16.7. The molecular weight excluding hydrogens is 462 g/mol. The summed E-state index contributed by atoms with van der Waals surface area (Å²) in [6.45, 7) is 0. The second-order valence-electron chi connectivity index (χ2n) is 7.99. The van der Waals surface area contributed by atoms with Gasteiger partial charge in [0.1, 0.15) is 5.58 Å². The van der Waals surface area contributed by atoms with Crippen LogP contribution in [0.5, 0.6) is 5.75 Å². The maximum atomic E-state index is 13.2. The number of rotatable bonds is 4. The van der Waals surface area contributed by atoms with Gasteiger partial charge in [-0.2, -0.15) is 0 Å². The van der Waals surface area contributed by atoms with E-state index in [-0.39, 0.29) is 28.2 Å². The van der Waals surface area contributed by atoms with Gasteiger partial charge in [-0.25, -0.2) is 9.69 Å². The van der Waals surface area contributed by atoms with E-state index in [0.29, 0.717) is 22.4 Å². The maximum absolute atomic E-state index is 13.2. The Balaban J connectivity index is 1.33. The standard InChI is InChI=1S/C28H15NO7/c30-23-20-8-3-4-9-21(20)35-24(22-10-5-15-34-22)25(23)36-28(33)16-11-13-17(14-12-16)29-26(31)18-6-1-2-7-19(18)27(29)32/h1-15H. The van der Waals surface area contributed by atoms with Crippen molar-refractivity contribution in [2.45, 2.75) is 0 Å². The molecule has 0 fully saturated rings. The van der Waals surface area contributed by atoms with Crippen LogP contribution in [0.3, 0.4) is 0 Å². The lowest BCUT2D eigenvalue weighted by atomic mass is 10.1. The maximum Gasteiger partial charge on any atom is 0.343 e. The van der Waals surface area contributed by atoms with Crippen LogP contribution in [0, 0.1) is 0 Å². The highest BCUT2D eigenvalue weighted by Crippen LogP contribution is 2.32. The number of carbonyl (C=O) groups excluding carboxylic acids is 3. The van der Waals surface area contributed by atoms with Crippen molar-refractivity contribution in [3.8, 4) is 17.3 Å². The Kier molecular flexibility index (Phi) is 4.86. The Morgan fingerprint density at radius 2 is 1.42 bits per heavy atom. The van der Waals surface area contributed by atoms with Gasteiger partial charge in [0.25, 0.3) is 11.8 Å². The van der Waals surface area contributed by atoms with Crippen molar-refractivity contribution in [1.29, 1.82) is 0 Å². The normalized spacial score (nSPS) is 12.7. The Bertz CT molecular complexity index is 1700. The molecule has 0 bridgehead atoms. The van der Waals surface area contributed by atoms with Crippen molar-refractivity contribution < 1.29 is 28.0 Å². The summed E-state index contributed by atoms with van der Waals surface area (Å²) >= 11 is 0. The molecule has 2 amide bonds. The zero-order valence-corrected chi connectivity index (χ0v) is 18.5. The van der Waals surface area contributed by atoms with E-state index in [4.69, 9.17) is 13.6 Å². The largest absolute Gasteiger partial charge is 0.461 e. The number of hydrogen-bond acceptors (Lipinski definition) is 7. The molecule has 1 aliphatic rings. The van der Waals surface area contributed by atoms with E-state index in [1.54, 1.807) is 60.7 Å². The molecule has 0 aliphatic carbocycles. The Labute approximate surface area is 202 Å². The summed E-state index contributed by atoms with van der Waals surface area (Å²) in [5, 5.41) is 0.247. The molecule has 1 aliphatic heterocycles. The molecule has 3 aromatic carbocycles. The van der Waals surface area contributed by atoms with Gasteiger partial charge in [-0.05, 0) is 60.7 Å². The fourth-order valence-electron chi connectivity index (χ4n) is 4.11. The molecule has 174 valence electrons. The summed E-state index contributed by atoms with van der Waals surface area (Å²) in [4.78, 5) is 52.6. The minimum absolute atomic E-state index is 0.0142. The summed E-state index contributed by atoms with van der Waals surface area (Å²) in [7, 11) is 0. The number of para-hydroxylation sites is 1. The number of nitrogens with zero attached hydrogens (tertiary/aromatic N) is 1. The summed E-state index contributed by atoms with van der Waals surface area (Å²) in [6.07, 6.45) is 1.41. The van der Waals surface area contributed by atoms with Crippen LogP contribution in [0.4, 0.5) is 5.69 Å². The van der Waals surface area contributed by atoms with Crippen molar-refractivity contribution in [3.05, 3.63) is 118 Å². The first-order valence-corrected chi connectivity index (χ1v) is 10.9. The van der Waals surface area contributed by atoms with Gasteiger partial charge in [-0.1, -0.05) is 24.3 Å². The van der Waals surface area contributed by atoms with Gasteiger partial charge in [-0.3, -0.25) is 14.4 Å². The van der Waals surface area contributed by atoms with E-state index in [2.05, 4.69) is 0 Å². The quantitative estimate of drug-likeness (QED) is 0.263. The number of esters is 1. The predicted octanol–water partition coefficient (Wildman–Crippen LogP) is 5.07. The molecule has 3 heterocycles. The SMILES string of the molecule is O=C(Oc1c(-c2ccco2)oc2ccccc2c1=O)c1ccc(N2C(=O)c3ccccc3C2=O)cc1. The summed E-state index contributed by atoms with van der Waals surface area (Å²) in [6, 6.07) is 22.1. The minimum atomic E-state index is -0.820. The fraction of sp³-hybridized carbons (Fsp3) is 0. The highest BCUT2D eigenvalue weighted by atomic mass is 16.5. The first kappa shape index (κ1) is 21.3. The van der Waals surface area contributed by atoms with Gasteiger partial charge in [0.15, 0.2) is 5.76 Å². The number of carbonyl (C=O) groups is 3. The minimum Gasteiger partial charge on any atom is -0.461 e. The van der Waals surface area contributed by atoms with Crippen molar-refractivity contribution in [2.24, 2.45) is 0 Å². The van der Waals surface area contributed by atoms with Crippen molar-refractivity contribution in [1.82, 2.24) is 0 Å². The first-order chi connectivity index (χ1) is 17.5. The van der Waals surface area contributed by atoms with Crippen LogP contribution in [0.15, 0.2) is 105 Å². The average molecular weight is 477 g/mol. The number of fused-ring (bicyclic) bond motifs is 2. The molecule has 2 aromatic heterocycles. The van der Waals surface area contributed by atoms with E-state index >= 15 is 0 Å². The van der Waals surface area contributed by atoms with Crippen LogP contribution in [0.2, 0.25) is 0 Å². The van der Waals surface area contributed by atoms with Crippen LogP contribution >= 0.6 is 0 Å². The molecule has 5 aromatic rings. The number of benzene rings is 3.